The van der Waals surface area contributed by atoms with Crippen molar-refractivity contribution in [2.75, 3.05) is 39.3 Å². The van der Waals surface area contributed by atoms with E-state index in [4.69, 9.17) is 4.74 Å². The highest BCUT2D eigenvalue weighted by Gasteiger charge is 2.18. The Kier molecular flexibility index (Phi) is 4.86. The normalized spacial score (nSPS) is 14.7. The van der Waals surface area contributed by atoms with Crippen molar-refractivity contribution in [3.05, 3.63) is 47.7 Å². The molecule has 3 aromatic rings. The van der Waals surface area contributed by atoms with Crippen LogP contribution in [0.1, 0.15) is 11.1 Å². The zero-order valence-corrected chi connectivity index (χ0v) is 17.6. The van der Waals surface area contributed by atoms with E-state index in [9.17, 15) is 4.57 Å². The summed E-state index contributed by atoms with van der Waals surface area (Å²) in [5.74, 6) is 1.28. The highest BCUT2D eigenvalue weighted by Crippen LogP contribution is 2.36. The number of benzene rings is 2. The number of likely N-dealkylation sites (N-methyl/N-ethyl adjacent to an activating group) is 1. The summed E-state index contributed by atoms with van der Waals surface area (Å²) >= 11 is 0. The van der Waals surface area contributed by atoms with E-state index in [0.29, 0.717) is 5.95 Å². The Balaban J connectivity index is 1.71. The van der Waals surface area contributed by atoms with Crippen LogP contribution >= 0.6 is 7.14 Å². The first-order valence-corrected chi connectivity index (χ1v) is 11.9. The molecule has 4 rings (SSSR count). The number of aromatic nitrogens is 2. The number of ether oxygens (including phenoxy) is 1. The van der Waals surface area contributed by atoms with Crippen molar-refractivity contribution in [2.45, 2.75) is 13.0 Å². The van der Waals surface area contributed by atoms with E-state index in [1.54, 1.807) is 26.6 Å². The van der Waals surface area contributed by atoms with Gasteiger partial charge in [0.2, 0.25) is 5.95 Å². The maximum Gasteiger partial charge on any atom is 0.227 e. The Labute approximate surface area is 165 Å². The van der Waals surface area contributed by atoms with Gasteiger partial charge >= 0.3 is 0 Å². The minimum atomic E-state index is -2.34. The summed E-state index contributed by atoms with van der Waals surface area (Å²) in [6, 6.07) is 9.93. The first-order chi connectivity index (χ1) is 13.3. The molecule has 6 nitrogen and oxygen atoms in total. The van der Waals surface area contributed by atoms with Crippen molar-refractivity contribution in [1.29, 1.82) is 0 Å². The molecule has 0 amide bonds. The first kappa shape index (κ1) is 18.9. The second-order valence-electron chi connectivity index (χ2n) is 7.72. The maximum absolute atomic E-state index is 12.4. The van der Waals surface area contributed by atoms with E-state index >= 15 is 0 Å². The molecule has 0 radical (unpaired) electrons. The van der Waals surface area contributed by atoms with Gasteiger partial charge in [-0.25, -0.2) is 9.97 Å². The van der Waals surface area contributed by atoms with Gasteiger partial charge in [-0.3, -0.25) is 0 Å². The van der Waals surface area contributed by atoms with Crippen LogP contribution in [0.5, 0.6) is 5.75 Å². The molecular weight excluding hydrogens is 371 g/mol. The minimum absolute atomic E-state index is 0.495. The molecule has 0 aliphatic carbocycles. The van der Waals surface area contributed by atoms with Crippen molar-refractivity contribution >= 4 is 35.0 Å². The number of methoxy groups -OCH3 is 1. The standard InChI is InChI=1S/C21H25N4O2P/c1-25-8-7-14-10-20(27-2)19(9-16(14)13-25)24-21-22-12-15-5-6-17(28(3,4)26)11-18(15)23-21/h5-6,9-12H,7-8,13H2,1-4H3,(H,22,23,24). The van der Waals surface area contributed by atoms with Gasteiger partial charge in [0.25, 0.3) is 0 Å². The molecule has 1 aromatic heterocycles. The third-order valence-electron chi connectivity index (χ3n) is 5.16. The third kappa shape index (κ3) is 3.75. The highest BCUT2D eigenvalue weighted by atomic mass is 31.2. The fourth-order valence-corrected chi connectivity index (χ4v) is 4.39. The van der Waals surface area contributed by atoms with Crippen molar-refractivity contribution in [1.82, 2.24) is 14.9 Å². The number of nitrogens with one attached hydrogen (secondary N) is 1. The number of hydrogen-bond acceptors (Lipinski definition) is 6. The molecule has 0 bridgehead atoms. The molecule has 2 heterocycles. The predicted octanol–water partition coefficient (Wildman–Crippen LogP) is 3.62. The summed E-state index contributed by atoms with van der Waals surface area (Å²) < 4.78 is 18.0. The van der Waals surface area contributed by atoms with Crippen LogP contribution in [0.2, 0.25) is 0 Å². The summed E-state index contributed by atoms with van der Waals surface area (Å²) in [6.07, 6.45) is 2.80. The van der Waals surface area contributed by atoms with Gasteiger partial charge in [0, 0.05) is 30.0 Å². The van der Waals surface area contributed by atoms with E-state index in [1.807, 2.05) is 18.2 Å². The Morgan fingerprint density at radius 1 is 1.18 bits per heavy atom. The highest BCUT2D eigenvalue weighted by molar-refractivity contribution is 7.70. The fourth-order valence-electron chi connectivity index (χ4n) is 3.52. The zero-order valence-electron chi connectivity index (χ0n) is 16.7. The molecule has 146 valence electrons. The second-order valence-corrected chi connectivity index (χ2v) is 10.9. The molecule has 0 spiro atoms. The number of rotatable bonds is 4. The van der Waals surface area contributed by atoms with Gasteiger partial charge in [0.05, 0.1) is 18.3 Å². The molecule has 1 N–H and O–H groups in total. The summed E-state index contributed by atoms with van der Waals surface area (Å²) in [6.45, 7) is 5.50. The number of fused-ring (bicyclic) bond motifs is 2. The molecule has 1 aliphatic heterocycles. The minimum Gasteiger partial charge on any atom is -0.495 e. The van der Waals surface area contributed by atoms with Gasteiger partial charge in [-0.1, -0.05) is 12.1 Å². The van der Waals surface area contributed by atoms with Crippen LogP contribution in [0.4, 0.5) is 11.6 Å². The van der Waals surface area contributed by atoms with Crippen LogP contribution < -0.4 is 15.4 Å². The molecule has 0 unspecified atom stereocenters. The number of nitrogens with zero attached hydrogens (tertiary/aromatic N) is 3. The molecule has 0 saturated heterocycles. The number of hydrogen-bond donors (Lipinski definition) is 1. The summed E-state index contributed by atoms with van der Waals surface area (Å²) in [5, 5.41) is 5.04. The lowest BCUT2D eigenvalue weighted by Crippen LogP contribution is -2.26. The van der Waals surface area contributed by atoms with Gasteiger partial charge < -0.3 is 19.5 Å². The molecule has 7 heteroatoms. The summed E-state index contributed by atoms with van der Waals surface area (Å²) in [4.78, 5) is 11.4. The molecule has 0 fully saturated rings. The topological polar surface area (TPSA) is 67.3 Å². The third-order valence-corrected chi connectivity index (χ3v) is 6.68. The van der Waals surface area contributed by atoms with E-state index in [-0.39, 0.29) is 0 Å². The average Bonchev–Trinajstić information content (AvgIpc) is 2.66. The Morgan fingerprint density at radius 2 is 2.00 bits per heavy atom. The van der Waals surface area contributed by atoms with Gasteiger partial charge in [-0.15, -0.1) is 0 Å². The molecule has 0 atom stereocenters. The van der Waals surface area contributed by atoms with Gasteiger partial charge in [-0.2, -0.15) is 0 Å². The predicted molar refractivity (Wildman–Crippen MR) is 115 cm³/mol. The zero-order chi connectivity index (χ0) is 19.9. The van der Waals surface area contributed by atoms with Crippen molar-refractivity contribution < 1.29 is 9.30 Å². The molecule has 0 saturated carbocycles. The van der Waals surface area contributed by atoms with Crippen LogP contribution in [0.25, 0.3) is 10.9 Å². The van der Waals surface area contributed by atoms with Crippen LogP contribution in [0.15, 0.2) is 36.5 Å². The van der Waals surface area contributed by atoms with Crippen LogP contribution in [0, 0.1) is 0 Å². The lowest BCUT2D eigenvalue weighted by molar-refractivity contribution is 0.312. The largest absolute Gasteiger partial charge is 0.495 e. The van der Waals surface area contributed by atoms with Crippen LogP contribution in [0.3, 0.4) is 0 Å². The smallest absolute Gasteiger partial charge is 0.227 e. The second kappa shape index (κ2) is 7.19. The monoisotopic (exact) mass is 396 g/mol. The maximum atomic E-state index is 12.4. The van der Waals surface area contributed by atoms with E-state index in [0.717, 1.165) is 47.2 Å². The van der Waals surface area contributed by atoms with Gasteiger partial charge in [-0.05, 0) is 56.1 Å². The lowest BCUT2D eigenvalue weighted by Gasteiger charge is -2.26. The molecule has 2 aromatic carbocycles. The van der Waals surface area contributed by atoms with Crippen LogP contribution in [-0.4, -0.2) is 48.9 Å². The lowest BCUT2D eigenvalue weighted by atomic mass is 9.99. The first-order valence-electron chi connectivity index (χ1n) is 9.31. The van der Waals surface area contributed by atoms with Crippen LogP contribution in [-0.2, 0) is 17.5 Å². The SMILES string of the molecule is COc1cc2c(cc1Nc1ncc3ccc(P(C)(C)=O)cc3n1)CN(C)CC2. The molecule has 28 heavy (non-hydrogen) atoms. The Bertz CT molecular complexity index is 1090. The summed E-state index contributed by atoms with van der Waals surface area (Å²) in [7, 11) is 1.46. The van der Waals surface area contributed by atoms with E-state index in [2.05, 4.69) is 39.4 Å². The quantitative estimate of drug-likeness (QED) is 0.680. The fraction of sp³-hybridized carbons (Fsp3) is 0.333. The van der Waals surface area contributed by atoms with Gasteiger partial charge in [0.1, 0.15) is 12.9 Å². The average molecular weight is 396 g/mol. The van der Waals surface area contributed by atoms with E-state index in [1.165, 1.54) is 11.1 Å². The molecular formula is C21H25N4O2P. The van der Waals surface area contributed by atoms with Crippen molar-refractivity contribution in [3.8, 4) is 5.75 Å². The van der Waals surface area contributed by atoms with Gasteiger partial charge in [0.15, 0.2) is 0 Å². The van der Waals surface area contributed by atoms with Crippen molar-refractivity contribution in [3.63, 3.8) is 0 Å². The number of anilines is 2. The molecule has 1 aliphatic rings. The Hall–Kier alpha value is -2.43. The summed E-state index contributed by atoms with van der Waals surface area (Å²) in [5.41, 5.74) is 4.24. The van der Waals surface area contributed by atoms with Crippen molar-refractivity contribution in [2.24, 2.45) is 0 Å². The van der Waals surface area contributed by atoms with E-state index < -0.39 is 7.14 Å². The Morgan fingerprint density at radius 3 is 2.75 bits per heavy atom.